The fourth-order valence-electron chi connectivity index (χ4n) is 3.67. The first-order chi connectivity index (χ1) is 15.5. The predicted molar refractivity (Wildman–Crippen MR) is 122 cm³/mol. The van der Waals surface area contributed by atoms with E-state index in [1.807, 2.05) is 11.8 Å². The van der Waals surface area contributed by atoms with E-state index in [1.54, 1.807) is 17.5 Å². The Kier molecular flexibility index (Phi) is 8.11. The number of hydrogen-bond acceptors (Lipinski definition) is 6. The molecule has 1 aromatic heterocycles. The van der Waals surface area contributed by atoms with Gasteiger partial charge in [-0.15, -0.1) is 11.3 Å². The molecule has 0 saturated carbocycles. The van der Waals surface area contributed by atoms with E-state index >= 15 is 0 Å². The third-order valence-electron chi connectivity index (χ3n) is 5.80. The van der Waals surface area contributed by atoms with Gasteiger partial charge in [0.25, 0.3) is 10.0 Å². The monoisotopic (exact) mass is 506 g/mol. The van der Waals surface area contributed by atoms with Gasteiger partial charge in [0.05, 0.1) is 12.6 Å². The highest BCUT2D eigenvalue weighted by Crippen LogP contribution is 2.39. The maximum atomic E-state index is 13.2. The zero-order valence-electron chi connectivity index (χ0n) is 18.6. The number of hydrogen-bond donors (Lipinski definition) is 1. The Labute approximate surface area is 196 Å². The first-order valence-electron chi connectivity index (χ1n) is 10.8. The van der Waals surface area contributed by atoms with Crippen LogP contribution in [-0.2, 0) is 20.4 Å². The molecular formula is C22H29F3N2O4S2. The maximum Gasteiger partial charge on any atom is 0.421 e. The highest BCUT2D eigenvalue weighted by Gasteiger charge is 2.51. The van der Waals surface area contributed by atoms with Crippen molar-refractivity contribution in [2.45, 2.75) is 48.7 Å². The Morgan fingerprint density at radius 2 is 1.88 bits per heavy atom. The van der Waals surface area contributed by atoms with Crippen LogP contribution in [-0.4, -0.2) is 62.9 Å². The lowest BCUT2D eigenvalue weighted by Crippen LogP contribution is -2.56. The summed E-state index contributed by atoms with van der Waals surface area (Å²) in [6, 6.07) is 8.52. The second-order valence-electron chi connectivity index (χ2n) is 8.19. The number of anilines is 1. The van der Waals surface area contributed by atoms with Gasteiger partial charge >= 0.3 is 6.18 Å². The zero-order valence-corrected chi connectivity index (χ0v) is 20.2. The summed E-state index contributed by atoms with van der Waals surface area (Å²) in [6.07, 6.45) is -2.95. The number of sulfonamides is 1. The highest BCUT2D eigenvalue weighted by molar-refractivity contribution is 7.91. The van der Waals surface area contributed by atoms with Gasteiger partial charge in [-0.25, -0.2) is 8.42 Å². The second-order valence-corrected chi connectivity index (χ2v) is 11.3. The van der Waals surface area contributed by atoms with Crippen LogP contribution in [0.4, 0.5) is 18.9 Å². The summed E-state index contributed by atoms with van der Waals surface area (Å²) in [5, 5.41) is 11.6. The molecule has 0 spiro atoms. The Bertz CT molecular complexity index is 994. The van der Waals surface area contributed by atoms with E-state index in [4.69, 9.17) is 4.74 Å². The van der Waals surface area contributed by atoms with Crippen LogP contribution < -0.4 is 4.90 Å². The fraction of sp³-hybridized carbons (Fsp3) is 0.545. The summed E-state index contributed by atoms with van der Waals surface area (Å²) in [6.45, 7) is 4.41. The van der Waals surface area contributed by atoms with Crippen molar-refractivity contribution in [2.24, 2.45) is 0 Å². The second kappa shape index (κ2) is 10.3. The quantitative estimate of drug-likeness (QED) is 0.516. The van der Waals surface area contributed by atoms with Gasteiger partial charge < -0.3 is 14.7 Å². The molecule has 2 heterocycles. The fourth-order valence-corrected chi connectivity index (χ4v) is 6.29. The topological polar surface area (TPSA) is 70.1 Å². The molecule has 2 aromatic rings. The predicted octanol–water partition coefficient (Wildman–Crippen LogP) is 4.21. The lowest BCUT2D eigenvalue weighted by molar-refractivity contribution is -0.258. The van der Waals surface area contributed by atoms with Gasteiger partial charge in [0.1, 0.15) is 4.21 Å². The summed E-state index contributed by atoms with van der Waals surface area (Å²) >= 11 is 1.16. The molecule has 1 aliphatic heterocycles. The maximum absolute atomic E-state index is 13.2. The summed E-state index contributed by atoms with van der Waals surface area (Å²) in [5.41, 5.74) is -2.57. The van der Waals surface area contributed by atoms with Crippen LogP contribution in [0.2, 0.25) is 0 Å². The Morgan fingerprint density at radius 3 is 2.45 bits per heavy atom. The van der Waals surface area contributed by atoms with Gasteiger partial charge in [-0.2, -0.15) is 17.5 Å². The highest BCUT2D eigenvalue weighted by atomic mass is 32.2. The molecule has 6 nitrogen and oxygen atoms in total. The minimum atomic E-state index is -4.80. The minimum Gasteiger partial charge on any atom is -0.379 e. The van der Waals surface area contributed by atoms with E-state index in [2.05, 4.69) is 0 Å². The number of nitrogens with zero attached hydrogens (tertiary/aromatic N) is 2. The van der Waals surface area contributed by atoms with Crippen molar-refractivity contribution in [1.82, 2.24) is 4.31 Å². The molecular weight excluding hydrogens is 477 g/mol. The average Bonchev–Trinajstić information content (AvgIpc) is 3.32. The van der Waals surface area contributed by atoms with Gasteiger partial charge in [0.2, 0.25) is 0 Å². The number of ether oxygens (including phenoxy) is 1. The van der Waals surface area contributed by atoms with E-state index in [0.717, 1.165) is 31.1 Å². The van der Waals surface area contributed by atoms with Gasteiger partial charge in [-0.1, -0.05) is 31.5 Å². The molecule has 184 valence electrons. The molecule has 3 rings (SSSR count). The molecule has 33 heavy (non-hydrogen) atoms. The standard InChI is InChI=1S/C22H29F3N2O4S2/c1-3-4-13-31-16-19-15-26(33(29,30)20-6-5-14-32-20)11-12-27(19)18-9-7-17(8-10-18)21(2,28)22(23,24)25/h5-10,14,19,28H,3-4,11-13,15-16H2,1-2H3/t19-,21?/m1/s1. The summed E-state index contributed by atoms with van der Waals surface area (Å²) in [4.78, 5) is 1.96. The van der Waals surface area contributed by atoms with E-state index in [9.17, 15) is 26.7 Å². The normalized spacial score (nSPS) is 20.1. The number of rotatable bonds is 9. The van der Waals surface area contributed by atoms with Crippen molar-refractivity contribution in [1.29, 1.82) is 0 Å². The Balaban J connectivity index is 1.81. The van der Waals surface area contributed by atoms with Crippen LogP contribution in [0.25, 0.3) is 0 Å². The van der Waals surface area contributed by atoms with Crippen molar-refractivity contribution in [3.8, 4) is 0 Å². The van der Waals surface area contributed by atoms with Gasteiger partial charge in [-0.3, -0.25) is 0 Å². The van der Waals surface area contributed by atoms with Crippen LogP contribution >= 0.6 is 11.3 Å². The largest absolute Gasteiger partial charge is 0.421 e. The SMILES string of the molecule is CCCCOC[C@H]1CN(S(=O)(=O)c2cccs2)CCN1c1ccc(C(C)(O)C(F)(F)F)cc1. The van der Waals surface area contributed by atoms with Gasteiger partial charge in [0.15, 0.2) is 5.60 Å². The lowest BCUT2D eigenvalue weighted by Gasteiger charge is -2.42. The number of piperazine rings is 1. The zero-order chi connectivity index (χ0) is 24.3. The molecule has 1 saturated heterocycles. The lowest BCUT2D eigenvalue weighted by atomic mass is 9.95. The summed E-state index contributed by atoms with van der Waals surface area (Å²) in [5.74, 6) is 0. The molecule has 1 fully saturated rings. The van der Waals surface area contributed by atoms with Crippen LogP contribution in [0, 0.1) is 0 Å². The molecule has 11 heteroatoms. The number of thiophene rings is 1. The third-order valence-corrected chi connectivity index (χ3v) is 9.04. The van der Waals surface area contributed by atoms with Gasteiger partial charge in [-0.05, 0) is 42.5 Å². The Morgan fingerprint density at radius 1 is 1.18 bits per heavy atom. The average molecular weight is 507 g/mol. The van der Waals surface area contributed by atoms with E-state index in [-0.39, 0.29) is 28.9 Å². The minimum absolute atomic E-state index is 0.203. The molecule has 0 aliphatic carbocycles. The van der Waals surface area contributed by atoms with Crippen molar-refractivity contribution < 1.29 is 31.4 Å². The Hall–Kier alpha value is -1.66. The molecule has 0 bridgehead atoms. The molecule has 1 aromatic carbocycles. The van der Waals surface area contributed by atoms with Crippen molar-refractivity contribution in [3.05, 3.63) is 47.3 Å². The summed E-state index contributed by atoms with van der Waals surface area (Å²) in [7, 11) is -3.62. The molecule has 1 N–H and O–H groups in total. The number of unbranched alkanes of at least 4 members (excludes halogenated alkanes) is 1. The number of aliphatic hydroxyl groups is 1. The van der Waals surface area contributed by atoms with E-state index in [0.29, 0.717) is 25.4 Å². The first kappa shape index (κ1) is 26.0. The van der Waals surface area contributed by atoms with Crippen LogP contribution in [0.15, 0.2) is 46.0 Å². The number of benzene rings is 1. The summed E-state index contributed by atoms with van der Waals surface area (Å²) < 4.78 is 73.0. The van der Waals surface area contributed by atoms with Crippen molar-refractivity contribution in [3.63, 3.8) is 0 Å². The van der Waals surface area contributed by atoms with Crippen molar-refractivity contribution >= 4 is 27.0 Å². The van der Waals surface area contributed by atoms with Crippen LogP contribution in [0.1, 0.15) is 32.3 Å². The van der Waals surface area contributed by atoms with Crippen LogP contribution in [0.3, 0.4) is 0 Å². The van der Waals surface area contributed by atoms with Crippen LogP contribution in [0.5, 0.6) is 0 Å². The van der Waals surface area contributed by atoms with Crippen molar-refractivity contribution in [2.75, 3.05) is 37.7 Å². The number of halogens is 3. The van der Waals surface area contributed by atoms with Gasteiger partial charge in [0, 0.05) is 31.9 Å². The first-order valence-corrected chi connectivity index (χ1v) is 13.1. The molecule has 0 amide bonds. The number of alkyl halides is 3. The smallest absolute Gasteiger partial charge is 0.379 e. The third kappa shape index (κ3) is 5.71. The molecule has 0 radical (unpaired) electrons. The molecule has 1 unspecified atom stereocenters. The molecule has 1 aliphatic rings. The van der Waals surface area contributed by atoms with E-state index < -0.39 is 21.8 Å². The molecule has 2 atom stereocenters. The van der Waals surface area contributed by atoms with E-state index in [1.165, 1.54) is 28.6 Å².